The summed E-state index contributed by atoms with van der Waals surface area (Å²) in [4.78, 5) is 126. The van der Waals surface area contributed by atoms with Crippen LogP contribution in [0.2, 0.25) is 0 Å². The minimum atomic E-state index is -0.0557. The Morgan fingerprint density at radius 3 is 0.814 bits per heavy atom. The molecule has 140 heavy (non-hydrogen) atoms. The largest absolute Gasteiger partial charge is 0.493 e. The fraction of sp³-hybridized carbons (Fsp3) is 0.426. The van der Waals surface area contributed by atoms with E-state index >= 15 is 0 Å². The summed E-state index contributed by atoms with van der Waals surface area (Å²) in [6.07, 6.45) is 16.6. The molecule has 6 fully saturated rings. The molecule has 6 saturated heterocycles. The van der Waals surface area contributed by atoms with Crippen molar-refractivity contribution in [1.29, 1.82) is 0 Å². The predicted molar refractivity (Wildman–Crippen MR) is 529 cm³/mol. The van der Waals surface area contributed by atoms with Gasteiger partial charge in [-0.05, 0) is 168 Å². The Morgan fingerprint density at radius 1 is 0.293 bits per heavy atom. The molecule has 0 bridgehead atoms. The third kappa shape index (κ3) is 35.6. The monoisotopic (exact) mass is 1940 g/mol. The highest BCUT2D eigenvalue weighted by atomic mass is 32.1. The molecular formula is C108H124N12O18S2. The van der Waals surface area contributed by atoms with Crippen LogP contribution in [0.3, 0.4) is 0 Å². The van der Waals surface area contributed by atoms with Gasteiger partial charge in [-0.15, -0.1) is 22.7 Å². The quantitative estimate of drug-likeness (QED) is 0.0338. The first kappa shape index (κ1) is 105. The second-order valence-electron chi connectivity index (χ2n) is 35.7. The van der Waals surface area contributed by atoms with E-state index in [9.17, 15) is 28.8 Å². The first-order valence-electron chi connectivity index (χ1n) is 47.7. The summed E-state index contributed by atoms with van der Waals surface area (Å²) in [6, 6.07) is 40.2. The molecule has 0 N–H and O–H groups in total. The standard InChI is InChI=1S/2C19H22N2O3.2C18H20N2O3.2C17H20N2O3S/c1-13-3-4-16(20-10-13)8-19(22)18-9-17(7-14(2)21-18)24-12-15-5-6-23-11-15;1-13-5-6-15(20-11-13)9-19(22)18-10-17(8-14(2)21-18)24-16-4-3-7-23-12-16;2*1-13-8-16(23-12-14-5-7-22-11-14)10-17(20-13)18(21)9-15-4-2-3-6-19-15;1-11-5-14(22-9-13-3-4-21-8-13)6-15(18-11)16(20)7-17-19-12(2)10-23-17;1-11-6-14(22-13-4-3-5-21-9-13)7-15(18-11)16(20)8-17-19-12(2)10-23-17/h3-4,7,9-10,15H,5-6,8,11-12H2,1-2H3;5-6,8,10-11,16H,3-4,7,9,12H2,1-2H3;2*2-4,6,8,10,14H,5,7,9,11-12H2,1H3;5-6,10,13H,3-4,7-9H2,1-2H3;6-7,10,13H,3-5,8-9H2,1-2H3/t15-;16-;2*14-;2*13-/m101010/s1. The molecule has 0 aliphatic carbocycles. The molecule has 736 valence electrons. The SMILES string of the molecule is Cc1cc(OC[C@@H]2CCOC2)cc(C(=O)Cc2ccccn2)n1.Cc1cc(OC[C@@H]2CCOC2)cc(C(=O)Cc2nc(C)cs2)n1.Cc1cc(OC[C@H]2CCOC2)cc(C(=O)Cc2ccccn2)n1.Cc1cc(O[C@H]2CCCOC2)cc(C(=O)Cc2nc(C)cs2)n1.Cc1ccc(CC(=O)c2cc(OC[C@@H]3CCOC3)cc(C)n2)nc1.Cc1ccc(CC(=O)c2cc(O[C@H]3CCCOC3)cc(C)n2)nc1. The average Bonchev–Trinajstić information content (AvgIpc) is 0.892. The van der Waals surface area contributed by atoms with Crippen LogP contribution < -0.4 is 28.4 Å². The average molecular weight is 1940 g/mol. The van der Waals surface area contributed by atoms with Crippen molar-refractivity contribution < 1.29 is 85.6 Å². The van der Waals surface area contributed by atoms with E-state index in [-0.39, 0.29) is 85.4 Å². The molecule has 18 heterocycles. The Balaban J connectivity index is 0.000000141. The van der Waals surface area contributed by atoms with E-state index in [2.05, 4.69) is 59.8 Å². The Morgan fingerprint density at radius 2 is 0.571 bits per heavy atom. The summed E-state index contributed by atoms with van der Waals surface area (Å²) in [5.41, 5.74) is 14.2. The lowest BCUT2D eigenvalue weighted by atomic mass is 10.1. The zero-order valence-electron chi connectivity index (χ0n) is 81.4. The Hall–Kier alpha value is -12.7. The molecule has 0 saturated carbocycles. The zero-order chi connectivity index (χ0) is 98.5. The number of aryl methyl sites for hydroxylation is 10. The number of pyridine rings is 10. The fourth-order valence-electron chi connectivity index (χ4n) is 15.5. The van der Waals surface area contributed by atoms with E-state index in [1.54, 1.807) is 61.2 Å². The van der Waals surface area contributed by atoms with Gasteiger partial charge in [0, 0.05) is 240 Å². The summed E-state index contributed by atoms with van der Waals surface area (Å²) in [5, 5.41) is 5.54. The van der Waals surface area contributed by atoms with Crippen LogP contribution in [0.4, 0.5) is 0 Å². The van der Waals surface area contributed by atoms with Crippen LogP contribution in [0.25, 0.3) is 0 Å². The summed E-state index contributed by atoms with van der Waals surface area (Å²) in [5.74, 6) is 5.56. The van der Waals surface area contributed by atoms with Gasteiger partial charge >= 0.3 is 0 Å². The van der Waals surface area contributed by atoms with Crippen molar-refractivity contribution in [3.05, 3.63) is 293 Å². The molecule has 32 heteroatoms. The molecule has 0 radical (unpaired) electrons. The number of rotatable bonds is 34. The second kappa shape index (κ2) is 54.2. The zero-order valence-corrected chi connectivity index (χ0v) is 83.0. The summed E-state index contributed by atoms with van der Waals surface area (Å²) < 4.78 is 67.5. The van der Waals surface area contributed by atoms with Gasteiger partial charge in [-0.3, -0.25) is 48.7 Å². The van der Waals surface area contributed by atoms with E-state index in [4.69, 9.17) is 56.8 Å². The van der Waals surface area contributed by atoms with Crippen LogP contribution in [-0.4, -0.2) is 212 Å². The third-order valence-electron chi connectivity index (χ3n) is 22.9. The molecule has 18 rings (SSSR count). The van der Waals surface area contributed by atoms with Gasteiger partial charge in [0.25, 0.3) is 0 Å². The number of carbonyl (C=O) groups is 6. The molecule has 0 amide bonds. The summed E-state index contributed by atoms with van der Waals surface area (Å²) >= 11 is 3.01. The van der Waals surface area contributed by atoms with E-state index < -0.39 is 0 Å². The van der Waals surface area contributed by atoms with Gasteiger partial charge < -0.3 is 56.8 Å². The number of Topliss-reactive ketones (excluding diaryl/α,β-unsaturated/α-hetero) is 6. The molecule has 6 aliphatic rings. The maximum Gasteiger partial charge on any atom is 0.188 e. The maximum atomic E-state index is 12.5. The predicted octanol–water partition coefficient (Wildman–Crippen LogP) is 17.4. The lowest BCUT2D eigenvalue weighted by Gasteiger charge is -2.23. The molecule has 0 spiro atoms. The highest BCUT2D eigenvalue weighted by molar-refractivity contribution is 7.10. The first-order valence-corrected chi connectivity index (χ1v) is 49.4. The lowest BCUT2D eigenvalue weighted by molar-refractivity contribution is 0.00734. The van der Waals surface area contributed by atoms with Crippen LogP contribution >= 0.6 is 22.7 Å². The van der Waals surface area contributed by atoms with Gasteiger partial charge in [0.2, 0.25) is 0 Å². The normalized spacial score (nSPS) is 17.4. The molecule has 6 atom stereocenters. The Kier molecular flexibility index (Phi) is 40.5. The van der Waals surface area contributed by atoms with Gasteiger partial charge in [0.15, 0.2) is 34.7 Å². The second-order valence-corrected chi connectivity index (χ2v) is 37.6. The van der Waals surface area contributed by atoms with Crippen molar-refractivity contribution in [2.45, 2.75) is 171 Å². The van der Waals surface area contributed by atoms with Crippen molar-refractivity contribution in [3.8, 4) is 34.5 Å². The summed E-state index contributed by atoms with van der Waals surface area (Å²) in [6.45, 7) is 30.4. The molecule has 12 aromatic rings. The number of hydrogen-bond acceptors (Lipinski definition) is 32. The van der Waals surface area contributed by atoms with Gasteiger partial charge in [-0.1, -0.05) is 24.3 Å². The molecular weight excluding hydrogens is 1820 g/mol. The van der Waals surface area contributed by atoms with Crippen molar-refractivity contribution in [2.24, 2.45) is 23.7 Å². The van der Waals surface area contributed by atoms with Crippen molar-refractivity contribution >= 4 is 57.4 Å². The van der Waals surface area contributed by atoms with Crippen LogP contribution in [0.1, 0.15) is 204 Å². The minimum absolute atomic E-state index is 0.0305. The first-order chi connectivity index (χ1) is 67.8. The van der Waals surface area contributed by atoms with Gasteiger partial charge in [-0.25, -0.2) is 39.9 Å². The molecule has 0 aromatic carbocycles. The van der Waals surface area contributed by atoms with Crippen LogP contribution in [0, 0.1) is 92.9 Å². The minimum Gasteiger partial charge on any atom is -0.493 e. The van der Waals surface area contributed by atoms with Crippen LogP contribution in [0.5, 0.6) is 34.5 Å². The Labute approximate surface area is 825 Å². The van der Waals surface area contributed by atoms with E-state index in [0.29, 0.717) is 132 Å². The number of carbonyl (C=O) groups excluding carboxylic acids is 6. The third-order valence-corrected chi connectivity index (χ3v) is 24.8. The number of aromatic nitrogens is 12. The van der Waals surface area contributed by atoms with Gasteiger partial charge in [0.1, 0.15) is 90.9 Å². The number of ether oxygens (including phenoxy) is 12. The van der Waals surface area contributed by atoms with Gasteiger partial charge in [0.05, 0.1) is 105 Å². The van der Waals surface area contributed by atoms with E-state index in [1.807, 2.05) is 177 Å². The van der Waals surface area contributed by atoms with Crippen LogP contribution in [-0.2, 0) is 66.9 Å². The lowest BCUT2D eigenvalue weighted by Crippen LogP contribution is -2.28. The fourth-order valence-corrected chi connectivity index (χ4v) is 17.1. The van der Waals surface area contributed by atoms with Crippen molar-refractivity contribution in [2.75, 3.05) is 106 Å². The smallest absolute Gasteiger partial charge is 0.188 e. The molecule has 6 aliphatic heterocycles. The van der Waals surface area contributed by atoms with Crippen molar-refractivity contribution in [1.82, 2.24) is 59.8 Å². The van der Waals surface area contributed by atoms with E-state index in [0.717, 1.165) is 207 Å². The number of thiazole rings is 2. The van der Waals surface area contributed by atoms with Crippen molar-refractivity contribution in [3.63, 3.8) is 0 Å². The Bertz CT molecular complexity index is 5900. The number of ketones is 6. The maximum absolute atomic E-state index is 12.5. The molecule has 30 nitrogen and oxygen atoms in total. The number of hydrogen-bond donors (Lipinski definition) is 0. The molecule has 12 aromatic heterocycles. The highest BCUT2D eigenvalue weighted by Gasteiger charge is 2.26. The highest BCUT2D eigenvalue weighted by Crippen LogP contribution is 2.29. The van der Waals surface area contributed by atoms with Gasteiger partial charge in [-0.2, -0.15) is 0 Å². The molecule has 0 unspecified atom stereocenters. The topological polar surface area (TPSA) is 368 Å². The van der Waals surface area contributed by atoms with E-state index in [1.165, 1.54) is 22.7 Å². The van der Waals surface area contributed by atoms with Crippen LogP contribution in [0.15, 0.2) is 169 Å². The summed E-state index contributed by atoms with van der Waals surface area (Å²) in [7, 11) is 0. The number of nitrogens with zero attached hydrogens (tertiary/aromatic N) is 12.